The Morgan fingerprint density at radius 2 is 1.42 bits per heavy atom. The molecule has 5 nitrogen and oxygen atoms in total. The normalized spacial score (nSPS) is 11.2. The Hall–Kier alpha value is -1.82. The zero-order chi connectivity index (χ0) is 13.5. The molecule has 5 heteroatoms. The lowest BCUT2D eigenvalue weighted by Gasteiger charge is -2.22. The second-order valence-corrected chi connectivity index (χ2v) is 4.29. The van der Waals surface area contributed by atoms with Gasteiger partial charge in [-0.15, -0.1) is 0 Å². The lowest BCUT2D eigenvalue weighted by atomic mass is 10.3. The van der Waals surface area contributed by atoms with Gasteiger partial charge in [0.25, 0.3) is 0 Å². The van der Waals surface area contributed by atoms with E-state index < -0.39 is 6.29 Å². The standard InChI is InChI=1S/C14H17N3O2/c18-14(19)11-17(9-12-5-1-3-7-15-12)10-13-6-2-4-8-16-13/h1-8,14,18-19H,9-11H2. The first-order chi connectivity index (χ1) is 9.24. The van der Waals surface area contributed by atoms with Gasteiger partial charge < -0.3 is 10.2 Å². The molecular weight excluding hydrogens is 242 g/mol. The largest absolute Gasteiger partial charge is 0.367 e. The zero-order valence-electron chi connectivity index (χ0n) is 10.6. The molecule has 100 valence electrons. The van der Waals surface area contributed by atoms with Crippen LogP contribution in [0.2, 0.25) is 0 Å². The molecular formula is C14H17N3O2. The van der Waals surface area contributed by atoms with Crippen LogP contribution < -0.4 is 0 Å². The molecule has 2 rings (SSSR count). The fourth-order valence-corrected chi connectivity index (χ4v) is 1.86. The zero-order valence-corrected chi connectivity index (χ0v) is 10.6. The van der Waals surface area contributed by atoms with E-state index in [-0.39, 0.29) is 6.54 Å². The lowest BCUT2D eigenvalue weighted by molar-refractivity contribution is -0.0644. The third-order valence-electron chi connectivity index (χ3n) is 2.65. The molecule has 0 atom stereocenters. The van der Waals surface area contributed by atoms with E-state index in [1.165, 1.54) is 0 Å². The third-order valence-corrected chi connectivity index (χ3v) is 2.65. The number of hydrogen-bond donors (Lipinski definition) is 2. The van der Waals surface area contributed by atoms with Gasteiger partial charge in [0.15, 0.2) is 6.29 Å². The van der Waals surface area contributed by atoms with Crippen LogP contribution in [0.1, 0.15) is 11.4 Å². The second kappa shape index (κ2) is 6.94. The highest BCUT2D eigenvalue weighted by molar-refractivity contribution is 5.06. The van der Waals surface area contributed by atoms with Crippen LogP contribution in [-0.4, -0.2) is 37.9 Å². The number of pyridine rings is 2. The van der Waals surface area contributed by atoms with Gasteiger partial charge in [0.2, 0.25) is 0 Å². The molecule has 0 saturated heterocycles. The Balaban J connectivity index is 2.03. The monoisotopic (exact) mass is 259 g/mol. The molecule has 0 aliphatic carbocycles. The van der Waals surface area contributed by atoms with Crippen molar-refractivity contribution in [1.82, 2.24) is 14.9 Å². The Morgan fingerprint density at radius 3 is 1.79 bits per heavy atom. The van der Waals surface area contributed by atoms with Gasteiger partial charge in [-0.1, -0.05) is 12.1 Å². The minimum atomic E-state index is -1.37. The van der Waals surface area contributed by atoms with Gasteiger partial charge in [-0.05, 0) is 24.3 Å². The van der Waals surface area contributed by atoms with Crippen LogP contribution in [-0.2, 0) is 13.1 Å². The van der Waals surface area contributed by atoms with Gasteiger partial charge in [0.05, 0.1) is 11.4 Å². The molecule has 0 saturated carbocycles. The van der Waals surface area contributed by atoms with Crippen LogP contribution >= 0.6 is 0 Å². The highest BCUT2D eigenvalue weighted by Gasteiger charge is 2.11. The molecule has 2 aromatic heterocycles. The van der Waals surface area contributed by atoms with E-state index in [1.54, 1.807) is 12.4 Å². The maximum atomic E-state index is 9.15. The van der Waals surface area contributed by atoms with Gasteiger partial charge in [0.1, 0.15) is 0 Å². The molecule has 0 unspecified atom stereocenters. The maximum absolute atomic E-state index is 9.15. The van der Waals surface area contributed by atoms with E-state index in [2.05, 4.69) is 9.97 Å². The summed E-state index contributed by atoms with van der Waals surface area (Å²) in [5.74, 6) is 0. The molecule has 19 heavy (non-hydrogen) atoms. The molecule has 2 N–H and O–H groups in total. The van der Waals surface area contributed by atoms with E-state index >= 15 is 0 Å². The number of aliphatic hydroxyl groups excluding tert-OH is 1. The Morgan fingerprint density at radius 1 is 0.895 bits per heavy atom. The summed E-state index contributed by atoms with van der Waals surface area (Å²) in [6, 6.07) is 11.4. The summed E-state index contributed by atoms with van der Waals surface area (Å²) in [5.41, 5.74) is 1.78. The van der Waals surface area contributed by atoms with Crippen molar-refractivity contribution in [2.45, 2.75) is 19.4 Å². The van der Waals surface area contributed by atoms with E-state index in [4.69, 9.17) is 10.2 Å². The van der Waals surface area contributed by atoms with E-state index in [1.807, 2.05) is 41.3 Å². The molecule has 0 aromatic carbocycles. The van der Waals surface area contributed by atoms with Gasteiger partial charge in [-0.3, -0.25) is 14.9 Å². The second-order valence-electron chi connectivity index (χ2n) is 4.29. The van der Waals surface area contributed by atoms with Crippen molar-refractivity contribution in [3.8, 4) is 0 Å². The Bertz CT molecular complexity index is 435. The molecule has 2 aromatic rings. The summed E-state index contributed by atoms with van der Waals surface area (Å²) >= 11 is 0. The maximum Gasteiger partial charge on any atom is 0.164 e. The lowest BCUT2D eigenvalue weighted by Crippen LogP contribution is -2.32. The minimum Gasteiger partial charge on any atom is -0.367 e. The number of hydrogen-bond acceptors (Lipinski definition) is 5. The van der Waals surface area contributed by atoms with Crippen molar-refractivity contribution < 1.29 is 10.2 Å². The first-order valence-electron chi connectivity index (χ1n) is 6.12. The van der Waals surface area contributed by atoms with Crippen molar-refractivity contribution in [3.05, 3.63) is 60.2 Å². The van der Waals surface area contributed by atoms with E-state index in [9.17, 15) is 0 Å². The third kappa shape index (κ3) is 4.75. The fraction of sp³-hybridized carbons (Fsp3) is 0.286. The predicted molar refractivity (Wildman–Crippen MR) is 70.8 cm³/mol. The summed E-state index contributed by atoms with van der Waals surface area (Å²) in [4.78, 5) is 10.4. The molecule has 0 spiro atoms. The fourth-order valence-electron chi connectivity index (χ4n) is 1.86. The van der Waals surface area contributed by atoms with Crippen LogP contribution in [0, 0.1) is 0 Å². The average molecular weight is 259 g/mol. The molecule has 2 heterocycles. The summed E-state index contributed by atoms with van der Waals surface area (Å²) < 4.78 is 0. The molecule has 0 radical (unpaired) electrons. The highest BCUT2D eigenvalue weighted by atomic mass is 16.5. The smallest absolute Gasteiger partial charge is 0.164 e. The summed E-state index contributed by atoms with van der Waals surface area (Å²) in [6.07, 6.45) is 2.08. The van der Waals surface area contributed by atoms with Gasteiger partial charge >= 0.3 is 0 Å². The highest BCUT2D eigenvalue weighted by Crippen LogP contribution is 2.07. The Labute approximate surface area is 112 Å². The molecule has 0 amide bonds. The van der Waals surface area contributed by atoms with Gasteiger partial charge in [-0.25, -0.2) is 0 Å². The number of aliphatic hydroxyl groups is 2. The summed E-state index contributed by atoms with van der Waals surface area (Å²) in [7, 11) is 0. The van der Waals surface area contributed by atoms with Crippen molar-refractivity contribution >= 4 is 0 Å². The first kappa shape index (κ1) is 13.6. The van der Waals surface area contributed by atoms with Crippen LogP contribution in [0.25, 0.3) is 0 Å². The topological polar surface area (TPSA) is 69.5 Å². The molecule has 0 aliphatic rings. The van der Waals surface area contributed by atoms with Gasteiger partial charge in [-0.2, -0.15) is 0 Å². The SMILES string of the molecule is OC(O)CN(Cc1ccccn1)Cc1ccccn1. The number of aromatic nitrogens is 2. The number of nitrogens with zero attached hydrogens (tertiary/aromatic N) is 3. The average Bonchev–Trinajstić information content (AvgIpc) is 2.40. The van der Waals surface area contributed by atoms with E-state index in [0.29, 0.717) is 13.1 Å². The number of rotatable bonds is 6. The minimum absolute atomic E-state index is 0.160. The summed E-state index contributed by atoms with van der Waals surface area (Å²) in [6.45, 7) is 1.26. The first-order valence-corrected chi connectivity index (χ1v) is 6.12. The van der Waals surface area contributed by atoms with E-state index in [0.717, 1.165) is 11.4 Å². The summed E-state index contributed by atoms with van der Waals surface area (Å²) in [5, 5.41) is 18.3. The van der Waals surface area contributed by atoms with Crippen LogP contribution in [0.5, 0.6) is 0 Å². The predicted octanol–water partition coefficient (Wildman–Crippen LogP) is 0.789. The van der Waals surface area contributed by atoms with Gasteiger partial charge in [0, 0.05) is 32.0 Å². The van der Waals surface area contributed by atoms with Crippen molar-refractivity contribution in [2.75, 3.05) is 6.54 Å². The molecule has 0 bridgehead atoms. The quantitative estimate of drug-likeness (QED) is 0.751. The van der Waals surface area contributed by atoms with Crippen LogP contribution in [0.4, 0.5) is 0 Å². The van der Waals surface area contributed by atoms with Crippen LogP contribution in [0.3, 0.4) is 0 Å². The van der Waals surface area contributed by atoms with Crippen molar-refractivity contribution in [3.63, 3.8) is 0 Å². The van der Waals surface area contributed by atoms with Crippen molar-refractivity contribution in [2.24, 2.45) is 0 Å². The van der Waals surface area contributed by atoms with Crippen molar-refractivity contribution in [1.29, 1.82) is 0 Å². The Kier molecular flexibility index (Phi) is 4.97. The molecule has 0 aliphatic heterocycles. The molecule has 0 fully saturated rings. The van der Waals surface area contributed by atoms with Crippen LogP contribution in [0.15, 0.2) is 48.8 Å².